The molecule has 1 spiro atoms. The number of methoxy groups -OCH3 is 1. The van der Waals surface area contributed by atoms with Gasteiger partial charge in [0.15, 0.2) is 0 Å². The van der Waals surface area contributed by atoms with E-state index in [1.54, 1.807) is 53.3 Å². The molecule has 2 aliphatic rings. The monoisotopic (exact) mass is 368 g/mol. The smallest absolute Gasteiger partial charge is 0.254 e. The zero-order valence-corrected chi connectivity index (χ0v) is 15.2. The lowest BCUT2D eigenvalue weighted by Gasteiger charge is -2.24. The summed E-state index contributed by atoms with van der Waals surface area (Å²) in [6.07, 6.45) is 1.14. The van der Waals surface area contributed by atoms with Gasteiger partial charge in [-0.05, 0) is 42.8 Å². The molecule has 0 aliphatic carbocycles. The summed E-state index contributed by atoms with van der Waals surface area (Å²) in [7, 11) is 1.57. The number of carbonyl (C=O) groups is 2. The first-order valence-electron chi connectivity index (χ1n) is 8.99. The van der Waals surface area contributed by atoms with Gasteiger partial charge in [0.1, 0.15) is 11.6 Å². The second kappa shape index (κ2) is 6.68. The summed E-state index contributed by atoms with van der Waals surface area (Å²) in [5.74, 6) is 0.212. The third-order valence-corrected chi connectivity index (χ3v) is 5.48. The first kappa shape index (κ1) is 17.5. The molecular weight excluding hydrogens is 347 g/mol. The number of rotatable bonds is 3. The van der Waals surface area contributed by atoms with Gasteiger partial charge in [-0.1, -0.05) is 12.1 Å². The van der Waals surface area contributed by atoms with E-state index in [4.69, 9.17) is 4.74 Å². The summed E-state index contributed by atoms with van der Waals surface area (Å²) in [5.41, 5.74) is 0.893. The van der Waals surface area contributed by atoms with Crippen LogP contribution in [0.3, 0.4) is 0 Å². The first-order valence-corrected chi connectivity index (χ1v) is 8.99. The van der Waals surface area contributed by atoms with Crippen molar-refractivity contribution in [2.75, 3.05) is 31.6 Å². The van der Waals surface area contributed by atoms with Crippen LogP contribution in [-0.2, 0) is 4.79 Å². The molecule has 2 aliphatic heterocycles. The minimum absolute atomic E-state index is 0.0173. The fraction of sp³-hybridized carbons (Fsp3) is 0.333. The topological polar surface area (TPSA) is 49.9 Å². The highest BCUT2D eigenvalue weighted by Crippen LogP contribution is 2.42. The van der Waals surface area contributed by atoms with Crippen LogP contribution in [-0.4, -0.2) is 43.5 Å². The Morgan fingerprint density at radius 2 is 1.96 bits per heavy atom. The molecule has 4 rings (SSSR count). The van der Waals surface area contributed by atoms with Crippen LogP contribution in [0.2, 0.25) is 0 Å². The Kier molecular flexibility index (Phi) is 4.34. The van der Waals surface area contributed by atoms with Crippen molar-refractivity contribution in [3.05, 3.63) is 59.9 Å². The van der Waals surface area contributed by atoms with E-state index in [1.165, 1.54) is 12.1 Å². The van der Waals surface area contributed by atoms with Crippen LogP contribution >= 0.6 is 0 Å². The van der Waals surface area contributed by atoms with Crippen LogP contribution in [0.5, 0.6) is 5.75 Å². The van der Waals surface area contributed by atoms with Crippen molar-refractivity contribution < 1.29 is 18.7 Å². The van der Waals surface area contributed by atoms with Crippen LogP contribution in [0.1, 0.15) is 23.2 Å². The SMILES string of the molecule is COc1cccc(C(=O)N2CC[C@@]3(CC(=O)N(c4cccc(F)c4)C3)C2)c1. The molecule has 2 saturated heterocycles. The summed E-state index contributed by atoms with van der Waals surface area (Å²) >= 11 is 0. The summed E-state index contributed by atoms with van der Waals surface area (Å²) < 4.78 is 18.7. The quantitative estimate of drug-likeness (QED) is 0.837. The third kappa shape index (κ3) is 3.27. The molecule has 2 amide bonds. The van der Waals surface area contributed by atoms with Crippen LogP contribution in [0.25, 0.3) is 0 Å². The molecule has 5 nitrogen and oxygen atoms in total. The van der Waals surface area contributed by atoms with E-state index >= 15 is 0 Å². The molecule has 0 N–H and O–H groups in total. The predicted octanol–water partition coefficient (Wildman–Crippen LogP) is 3.10. The van der Waals surface area contributed by atoms with Gasteiger partial charge in [-0.3, -0.25) is 9.59 Å². The van der Waals surface area contributed by atoms with Gasteiger partial charge in [0, 0.05) is 42.7 Å². The van der Waals surface area contributed by atoms with Crippen LogP contribution in [0, 0.1) is 11.2 Å². The number of anilines is 1. The van der Waals surface area contributed by atoms with Crippen molar-refractivity contribution in [1.82, 2.24) is 4.90 Å². The number of halogens is 1. The Labute approximate surface area is 157 Å². The van der Waals surface area contributed by atoms with E-state index in [0.717, 1.165) is 6.42 Å². The summed E-state index contributed by atoms with van der Waals surface area (Å²) in [4.78, 5) is 28.9. The number of carbonyl (C=O) groups excluding carboxylic acids is 2. The lowest BCUT2D eigenvalue weighted by Crippen LogP contribution is -2.34. The van der Waals surface area contributed by atoms with E-state index in [-0.39, 0.29) is 23.0 Å². The minimum Gasteiger partial charge on any atom is -0.497 e. The standard InChI is InChI=1S/C21H21FN2O3/c1-27-18-7-2-4-15(10-18)20(26)23-9-8-21(13-23)12-19(25)24(14-21)17-6-3-5-16(22)11-17/h2-7,10-11H,8-9,12-14H2,1H3/t21-/m1/s1. The molecule has 2 aromatic carbocycles. The predicted molar refractivity (Wildman–Crippen MR) is 99.3 cm³/mol. The number of ether oxygens (including phenoxy) is 1. The van der Waals surface area contributed by atoms with Crippen LogP contribution in [0.4, 0.5) is 10.1 Å². The van der Waals surface area contributed by atoms with Crippen molar-refractivity contribution in [2.24, 2.45) is 5.41 Å². The van der Waals surface area contributed by atoms with Gasteiger partial charge in [-0.15, -0.1) is 0 Å². The Balaban J connectivity index is 1.50. The Bertz CT molecular complexity index is 901. The zero-order chi connectivity index (χ0) is 19.0. The van der Waals surface area contributed by atoms with Gasteiger partial charge in [-0.2, -0.15) is 0 Å². The normalized spacial score (nSPS) is 21.9. The zero-order valence-electron chi connectivity index (χ0n) is 15.2. The Morgan fingerprint density at radius 3 is 2.74 bits per heavy atom. The second-order valence-corrected chi connectivity index (χ2v) is 7.35. The summed E-state index contributed by atoms with van der Waals surface area (Å²) in [6.45, 7) is 1.65. The maximum Gasteiger partial charge on any atom is 0.254 e. The molecule has 0 aromatic heterocycles. The number of hydrogen-bond acceptors (Lipinski definition) is 3. The van der Waals surface area contributed by atoms with Crippen molar-refractivity contribution in [3.63, 3.8) is 0 Å². The van der Waals surface area contributed by atoms with Crippen molar-refractivity contribution in [1.29, 1.82) is 0 Å². The van der Waals surface area contributed by atoms with Gasteiger partial charge < -0.3 is 14.5 Å². The number of amides is 2. The molecule has 0 saturated carbocycles. The fourth-order valence-electron chi connectivity index (χ4n) is 4.10. The highest BCUT2D eigenvalue weighted by Gasteiger charge is 2.48. The third-order valence-electron chi connectivity index (χ3n) is 5.48. The molecular formula is C21H21FN2O3. The van der Waals surface area contributed by atoms with E-state index in [0.29, 0.717) is 43.1 Å². The van der Waals surface area contributed by atoms with Gasteiger partial charge in [0.25, 0.3) is 5.91 Å². The molecule has 6 heteroatoms. The molecule has 0 unspecified atom stereocenters. The van der Waals surface area contributed by atoms with Crippen molar-refractivity contribution >= 4 is 17.5 Å². The lowest BCUT2D eigenvalue weighted by atomic mass is 9.86. The highest BCUT2D eigenvalue weighted by molar-refractivity contribution is 5.97. The van der Waals surface area contributed by atoms with Gasteiger partial charge in [0.2, 0.25) is 5.91 Å². The Morgan fingerprint density at radius 1 is 1.15 bits per heavy atom. The molecule has 2 aromatic rings. The number of nitrogens with zero attached hydrogens (tertiary/aromatic N) is 2. The fourth-order valence-corrected chi connectivity index (χ4v) is 4.10. The highest BCUT2D eigenvalue weighted by atomic mass is 19.1. The maximum atomic E-state index is 13.5. The average molecular weight is 368 g/mol. The molecule has 1 atom stereocenters. The van der Waals surface area contributed by atoms with Crippen LogP contribution in [0.15, 0.2) is 48.5 Å². The van der Waals surface area contributed by atoms with E-state index in [1.807, 2.05) is 0 Å². The van der Waals surface area contributed by atoms with Crippen molar-refractivity contribution in [2.45, 2.75) is 12.8 Å². The van der Waals surface area contributed by atoms with Gasteiger partial charge in [-0.25, -0.2) is 4.39 Å². The number of likely N-dealkylation sites (tertiary alicyclic amines) is 1. The van der Waals surface area contributed by atoms with Crippen LogP contribution < -0.4 is 9.64 Å². The average Bonchev–Trinajstić information content (AvgIpc) is 3.24. The second-order valence-electron chi connectivity index (χ2n) is 7.35. The van der Waals surface area contributed by atoms with Crippen molar-refractivity contribution in [3.8, 4) is 5.75 Å². The van der Waals surface area contributed by atoms with E-state index < -0.39 is 0 Å². The maximum absolute atomic E-state index is 13.5. The van der Waals surface area contributed by atoms with E-state index in [9.17, 15) is 14.0 Å². The molecule has 0 radical (unpaired) electrons. The van der Waals surface area contributed by atoms with Gasteiger partial charge >= 0.3 is 0 Å². The van der Waals surface area contributed by atoms with E-state index in [2.05, 4.69) is 0 Å². The number of benzene rings is 2. The largest absolute Gasteiger partial charge is 0.497 e. The summed E-state index contributed by atoms with van der Waals surface area (Å²) in [6, 6.07) is 13.2. The Hall–Kier alpha value is -2.89. The molecule has 140 valence electrons. The van der Waals surface area contributed by atoms with Gasteiger partial charge in [0.05, 0.1) is 7.11 Å². The molecule has 27 heavy (non-hydrogen) atoms. The first-order chi connectivity index (χ1) is 13.0. The minimum atomic E-state index is -0.359. The number of hydrogen-bond donors (Lipinski definition) is 0. The molecule has 2 heterocycles. The molecule has 2 fully saturated rings. The lowest BCUT2D eigenvalue weighted by molar-refractivity contribution is -0.117. The molecule has 0 bridgehead atoms. The summed E-state index contributed by atoms with van der Waals surface area (Å²) in [5, 5.41) is 0.